The average Bonchev–Trinajstić information content (AvgIpc) is 2.32. The van der Waals surface area contributed by atoms with Crippen molar-refractivity contribution in [3.05, 3.63) is 35.6 Å². The quantitative estimate of drug-likeness (QED) is 0.658. The Kier molecular flexibility index (Phi) is 6.04. The second-order valence-corrected chi connectivity index (χ2v) is 4.97. The van der Waals surface area contributed by atoms with Crippen LogP contribution in [-0.4, -0.2) is 5.33 Å². The molecule has 2 heteroatoms. The Balaban J connectivity index is 2.65. The van der Waals surface area contributed by atoms with Gasteiger partial charge in [-0.3, -0.25) is 0 Å². The van der Waals surface area contributed by atoms with Crippen LogP contribution in [0.1, 0.15) is 32.3 Å². The van der Waals surface area contributed by atoms with Crippen molar-refractivity contribution in [1.29, 1.82) is 0 Å². The van der Waals surface area contributed by atoms with Crippen LogP contribution in [0.4, 0.5) is 4.39 Å². The third-order valence-corrected chi connectivity index (χ3v) is 4.16. The summed E-state index contributed by atoms with van der Waals surface area (Å²) in [5.41, 5.74) is 1.23. The standard InChI is InChI=1S/C14H20BrF/c1-3-12(4-2)13(10-15)9-11-5-7-14(16)8-6-11/h5-8,12-13H,3-4,9-10H2,1-2H3. The second kappa shape index (κ2) is 7.05. The highest BCUT2D eigenvalue weighted by atomic mass is 79.9. The van der Waals surface area contributed by atoms with E-state index < -0.39 is 0 Å². The van der Waals surface area contributed by atoms with Crippen LogP contribution in [0.2, 0.25) is 0 Å². The first kappa shape index (κ1) is 13.7. The molecule has 0 saturated carbocycles. The SMILES string of the molecule is CCC(CC)C(CBr)Cc1ccc(F)cc1. The van der Waals surface area contributed by atoms with E-state index in [9.17, 15) is 4.39 Å². The Morgan fingerprint density at radius 2 is 1.62 bits per heavy atom. The van der Waals surface area contributed by atoms with Gasteiger partial charge < -0.3 is 0 Å². The molecular formula is C14H20BrF. The molecule has 0 nitrogen and oxygen atoms in total. The van der Waals surface area contributed by atoms with Gasteiger partial charge >= 0.3 is 0 Å². The molecule has 0 amide bonds. The summed E-state index contributed by atoms with van der Waals surface area (Å²) in [6.45, 7) is 4.49. The van der Waals surface area contributed by atoms with Crippen LogP contribution in [-0.2, 0) is 6.42 Å². The van der Waals surface area contributed by atoms with Gasteiger partial charge in [0.2, 0.25) is 0 Å². The van der Waals surface area contributed by atoms with Gasteiger partial charge in [0.15, 0.2) is 0 Å². The lowest BCUT2D eigenvalue weighted by atomic mass is 9.85. The van der Waals surface area contributed by atoms with Gasteiger partial charge in [0.25, 0.3) is 0 Å². The Bertz CT molecular complexity index is 290. The van der Waals surface area contributed by atoms with E-state index in [1.54, 1.807) is 12.1 Å². The molecule has 0 aliphatic carbocycles. The van der Waals surface area contributed by atoms with Crippen molar-refractivity contribution < 1.29 is 4.39 Å². The molecule has 1 atom stereocenters. The normalized spacial score (nSPS) is 13.1. The minimum Gasteiger partial charge on any atom is -0.207 e. The van der Waals surface area contributed by atoms with Crippen LogP contribution in [0, 0.1) is 17.7 Å². The minimum absolute atomic E-state index is 0.151. The van der Waals surface area contributed by atoms with E-state index >= 15 is 0 Å². The number of benzene rings is 1. The summed E-state index contributed by atoms with van der Waals surface area (Å²) in [7, 11) is 0. The molecule has 0 aliphatic heterocycles. The fourth-order valence-electron chi connectivity index (χ4n) is 2.23. The van der Waals surface area contributed by atoms with E-state index in [2.05, 4.69) is 29.8 Å². The zero-order valence-electron chi connectivity index (χ0n) is 10.0. The molecule has 0 N–H and O–H groups in total. The van der Waals surface area contributed by atoms with Crippen molar-refractivity contribution in [2.75, 3.05) is 5.33 Å². The van der Waals surface area contributed by atoms with E-state index in [0.29, 0.717) is 5.92 Å². The van der Waals surface area contributed by atoms with Crippen LogP contribution < -0.4 is 0 Å². The van der Waals surface area contributed by atoms with Crippen molar-refractivity contribution in [2.45, 2.75) is 33.1 Å². The number of alkyl halides is 1. The smallest absolute Gasteiger partial charge is 0.123 e. The van der Waals surface area contributed by atoms with Gasteiger partial charge in [-0.25, -0.2) is 4.39 Å². The molecule has 0 radical (unpaired) electrons. The number of rotatable bonds is 6. The van der Waals surface area contributed by atoms with E-state index in [-0.39, 0.29) is 5.82 Å². The largest absolute Gasteiger partial charge is 0.207 e. The first-order chi connectivity index (χ1) is 7.71. The van der Waals surface area contributed by atoms with E-state index in [4.69, 9.17) is 0 Å². The summed E-state index contributed by atoms with van der Waals surface area (Å²) in [5.74, 6) is 1.26. The maximum atomic E-state index is 12.8. The fraction of sp³-hybridized carbons (Fsp3) is 0.571. The number of halogens is 2. The van der Waals surface area contributed by atoms with Crippen molar-refractivity contribution in [3.63, 3.8) is 0 Å². The first-order valence-electron chi connectivity index (χ1n) is 6.01. The molecule has 0 saturated heterocycles. The zero-order chi connectivity index (χ0) is 12.0. The highest BCUT2D eigenvalue weighted by Gasteiger charge is 2.17. The molecule has 0 bridgehead atoms. The molecule has 16 heavy (non-hydrogen) atoms. The highest BCUT2D eigenvalue weighted by Crippen LogP contribution is 2.25. The van der Waals surface area contributed by atoms with E-state index in [1.807, 2.05) is 12.1 Å². The van der Waals surface area contributed by atoms with Crippen LogP contribution in [0.3, 0.4) is 0 Å². The van der Waals surface area contributed by atoms with Crippen molar-refractivity contribution >= 4 is 15.9 Å². The van der Waals surface area contributed by atoms with Crippen molar-refractivity contribution in [3.8, 4) is 0 Å². The zero-order valence-corrected chi connectivity index (χ0v) is 11.6. The maximum Gasteiger partial charge on any atom is 0.123 e. The Hall–Kier alpha value is -0.370. The summed E-state index contributed by atoms with van der Waals surface area (Å²) in [6.07, 6.45) is 3.47. The summed E-state index contributed by atoms with van der Waals surface area (Å²) >= 11 is 3.60. The lowest BCUT2D eigenvalue weighted by molar-refractivity contribution is 0.342. The molecule has 1 aromatic carbocycles. The average molecular weight is 287 g/mol. The van der Waals surface area contributed by atoms with Gasteiger partial charge in [0, 0.05) is 5.33 Å². The van der Waals surface area contributed by atoms with Gasteiger partial charge in [0.1, 0.15) is 5.82 Å². The maximum absolute atomic E-state index is 12.8. The van der Waals surface area contributed by atoms with E-state index in [1.165, 1.54) is 18.4 Å². The van der Waals surface area contributed by atoms with Gasteiger partial charge in [-0.15, -0.1) is 0 Å². The first-order valence-corrected chi connectivity index (χ1v) is 7.13. The molecule has 0 aromatic heterocycles. The summed E-state index contributed by atoms with van der Waals surface area (Å²) in [6, 6.07) is 6.89. The summed E-state index contributed by atoms with van der Waals surface area (Å²) < 4.78 is 12.8. The molecular weight excluding hydrogens is 267 g/mol. The Morgan fingerprint density at radius 3 is 2.06 bits per heavy atom. The van der Waals surface area contributed by atoms with Crippen molar-refractivity contribution in [2.24, 2.45) is 11.8 Å². The Morgan fingerprint density at radius 1 is 1.06 bits per heavy atom. The summed E-state index contributed by atoms with van der Waals surface area (Å²) in [5, 5.41) is 1.02. The fourth-order valence-corrected chi connectivity index (χ4v) is 2.98. The summed E-state index contributed by atoms with van der Waals surface area (Å²) in [4.78, 5) is 0. The van der Waals surface area contributed by atoms with Crippen LogP contribution in [0.25, 0.3) is 0 Å². The Labute approximate surface area is 106 Å². The molecule has 0 aliphatic rings. The highest BCUT2D eigenvalue weighted by molar-refractivity contribution is 9.09. The second-order valence-electron chi connectivity index (χ2n) is 4.32. The third kappa shape index (κ3) is 3.89. The molecule has 0 heterocycles. The predicted octanol–water partition coefficient (Wildman–Crippen LogP) is 4.82. The topological polar surface area (TPSA) is 0 Å². The lowest BCUT2D eigenvalue weighted by Gasteiger charge is -2.23. The number of hydrogen-bond donors (Lipinski definition) is 0. The van der Waals surface area contributed by atoms with Crippen molar-refractivity contribution in [1.82, 2.24) is 0 Å². The number of hydrogen-bond acceptors (Lipinski definition) is 0. The van der Waals surface area contributed by atoms with Crippen LogP contribution >= 0.6 is 15.9 Å². The molecule has 0 spiro atoms. The van der Waals surface area contributed by atoms with Gasteiger partial charge in [0.05, 0.1) is 0 Å². The van der Waals surface area contributed by atoms with Gasteiger partial charge in [-0.2, -0.15) is 0 Å². The van der Waals surface area contributed by atoms with Gasteiger partial charge in [-0.1, -0.05) is 54.8 Å². The van der Waals surface area contributed by atoms with Crippen LogP contribution in [0.5, 0.6) is 0 Å². The molecule has 1 aromatic rings. The lowest BCUT2D eigenvalue weighted by Crippen LogP contribution is -2.17. The van der Waals surface area contributed by atoms with Crippen LogP contribution in [0.15, 0.2) is 24.3 Å². The van der Waals surface area contributed by atoms with Gasteiger partial charge in [-0.05, 0) is 36.0 Å². The minimum atomic E-state index is -0.151. The predicted molar refractivity (Wildman–Crippen MR) is 71.5 cm³/mol. The van der Waals surface area contributed by atoms with E-state index in [0.717, 1.165) is 17.7 Å². The molecule has 90 valence electrons. The third-order valence-electron chi connectivity index (χ3n) is 3.32. The monoisotopic (exact) mass is 286 g/mol. The molecule has 1 rings (SSSR count). The molecule has 1 unspecified atom stereocenters. The molecule has 0 fully saturated rings.